The van der Waals surface area contributed by atoms with E-state index in [4.69, 9.17) is 9.47 Å². The summed E-state index contributed by atoms with van der Waals surface area (Å²) in [6, 6.07) is 25.6. The smallest absolute Gasteiger partial charge is 0.338 e. The van der Waals surface area contributed by atoms with Gasteiger partial charge < -0.3 is 9.47 Å². The Morgan fingerprint density at radius 1 is 0.769 bits per heavy atom. The van der Waals surface area contributed by atoms with Gasteiger partial charge in [0.05, 0.1) is 17.6 Å². The van der Waals surface area contributed by atoms with Crippen molar-refractivity contribution in [2.75, 3.05) is 20.3 Å². The fourth-order valence-corrected chi connectivity index (χ4v) is 3.86. The molecule has 0 aliphatic heterocycles. The highest BCUT2D eigenvalue weighted by Gasteiger charge is 2.44. The molecular formula is C23H20O3. The average molecular weight is 344 g/mol. The van der Waals surface area contributed by atoms with Crippen molar-refractivity contribution < 1.29 is 14.3 Å². The number of fused-ring (bicyclic) bond motifs is 3. The first kappa shape index (κ1) is 16.6. The van der Waals surface area contributed by atoms with E-state index in [9.17, 15) is 4.79 Å². The van der Waals surface area contributed by atoms with Gasteiger partial charge in [0.1, 0.15) is 6.61 Å². The minimum Gasteiger partial charge on any atom is -0.461 e. The molecule has 0 saturated heterocycles. The lowest BCUT2D eigenvalue weighted by Crippen LogP contribution is -2.37. The molecule has 0 unspecified atom stereocenters. The van der Waals surface area contributed by atoms with E-state index < -0.39 is 5.41 Å². The molecule has 0 radical (unpaired) electrons. The van der Waals surface area contributed by atoms with Crippen LogP contribution < -0.4 is 0 Å². The first-order valence-electron chi connectivity index (χ1n) is 8.67. The maximum atomic E-state index is 12.5. The summed E-state index contributed by atoms with van der Waals surface area (Å²) < 4.78 is 11.4. The van der Waals surface area contributed by atoms with Crippen molar-refractivity contribution in [1.82, 2.24) is 0 Å². The van der Waals surface area contributed by atoms with Gasteiger partial charge >= 0.3 is 5.97 Å². The first-order chi connectivity index (χ1) is 12.8. The van der Waals surface area contributed by atoms with Crippen molar-refractivity contribution in [2.24, 2.45) is 0 Å². The third-order valence-electron chi connectivity index (χ3n) is 5.03. The summed E-state index contributed by atoms with van der Waals surface area (Å²) >= 11 is 0. The highest BCUT2D eigenvalue weighted by Crippen LogP contribution is 2.49. The van der Waals surface area contributed by atoms with Crippen LogP contribution in [-0.4, -0.2) is 26.3 Å². The molecule has 1 aliphatic carbocycles. The molecule has 0 amide bonds. The van der Waals surface area contributed by atoms with Gasteiger partial charge in [0.2, 0.25) is 0 Å². The number of carbonyl (C=O) groups excluding carboxylic acids is 1. The van der Waals surface area contributed by atoms with Crippen LogP contribution in [0.25, 0.3) is 11.1 Å². The second-order valence-electron chi connectivity index (χ2n) is 6.55. The molecule has 0 aromatic heterocycles. The van der Waals surface area contributed by atoms with Gasteiger partial charge in [0.25, 0.3) is 0 Å². The van der Waals surface area contributed by atoms with E-state index >= 15 is 0 Å². The van der Waals surface area contributed by atoms with Crippen LogP contribution in [0.1, 0.15) is 21.5 Å². The fourth-order valence-electron chi connectivity index (χ4n) is 3.86. The molecule has 0 saturated carbocycles. The zero-order chi connectivity index (χ0) is 18.0. The molecule has 0 N–H and O–H groups in total. The van der Waals surface area contributed by atoms with Crippen LogP contribution in [0.2, 0.25) is 0 Å². The van der Waals surface area contributed by atoms with Gasteiger partial charge in [0, 0.05) is 7.11 Å². The second-order valence-corrected chi connectivity index (χ2v) is 6.55. The maximum absolute atomic E-state index is 12.5. The molecule has 4 rings (SSSR count). The van der Waals surface area contributed by atoms with Gasteiger partial charge in [-0.3, -0.25) is 0 Å². The van der Waals surface area contributed by atoms with Gasteiger partial charge in [-0.05, 0) is 34.4 Å². The summed E-state index contributed by atoms with van der Waals surface area (Å²) in [5.74, 6) is -0.317. The van der Waals surface area contributed by atoms with Crippen molar-refractivity contribution in [1.29, 1.82) is 0 Å². The third-order valence-corrected chi connectivity index (χ3v) is 5.03. The molecule has 0 heterocycles. The summed E-state index contributed by atoms with van der Waals surface area (Å²) in [6.07, 6.45) is 0. The number of hydrogen-bond acceptors (Lipinski definition) is 3. The minimum absolute atomic E-state index is 0.239. The van der Waals surface area contributed by atoms with Crippen molar-refractivity contribution >= 4 is 5.97 Å². The molecule has 3 nitrogen and oxygen atoms in total. The summed E-state index contributed by atoms with van der Waals surface area (Å²) in [7, 11) is 1.68. The van der Waals surface area contributed by atoms with Crippen LogP contribution in [0.4, 0.5) is 0 Å². The maximum Gasteiger partial charge on any atom is 0.338 e. The molecule has 0 spiro atoms. The monoisotopic (exact) mass is 344 g/mol. The van der Waals surface area contributed by atoms with Crippen molar-refractivity contribution in [3.63, 3.8) is 0 Å². The van der Waals surface area contributed by atoms with Crippen molar-refractivity contribution in [3.8, 4) is 11.1 Å². The summed E-state index contributed by atoms with van der Waals surface area (Å²) in [5, 5.41) is 0. The Balaban J connectivity index is 1.74. The lowest BCUT2D eigenvalue weighted by Gasteiger charge is -2.30. The number of methoxy groups -OCH3 is 1. The SMILES string of the molecule is COCC1(COC(=O)c2ccccc2)c2ccccc2-c2ccccc21. The molecule has 0 atom stereocenters. The van der Waals surface area contributed by atoms with Crippen molar-refractivity contribution in [2.45, 2.75) is 5.41 Å². The Morgan fingerprint density at radius 3 is 1.88 bits per heavy atom. The van der Waals surface area contributed by atoms with Crippen LogP contribution in [0.15, 0.2) is 78.9 Å². The highest BCUT2D eigenvalue weighted by molar-refractivity contribution is 5.89. The lowest BCUT2D eigenvalue weighted by atomic mass is 9.79. The predicted molar refractivity (Wildman–Crippen MR) is 101 cm³/mol. The number of esters is 1. The fraction of sp³-hybridized carbons (Fsp3) is 0.174. The molecule has 1 aliphatic rings. The van der Waals surface area contributed by atoms with Crippen molar-refractivity contribution in [3.05, 3.63) is 95.6 Å². The van der Waals surface area contributed by atoms with Crippen LogP contribution >= 0.6 is 0 Å². The van der Waals surface area contributed by atoms with Crippen LogP contribution in [0, 0.1) is 0 Å². The lowest BCUT2D eigenvalue weighted by molar-refractivity contribution is 0.0338. The van der Waals surface area contributed by atoms with E-state index in [0.29, 0.717) is 12.2 Å². The minimum atomic E-state index is -0.494. The summed E-state index contributed by atoms with van der Waals surface area (Å²) in [6.45, 7) is 0.686. The Morgan fingerprint density at radius 2 is 1.31 bits per heavy atom. The normalized spacial score (nSPS) is 13.7. The number of ether oxygens (including phenoxy) is 2. The van der Waals surface area contributed by atoms with Gasteiger partial charge in [-0.2, -0.15) is 0 Å². The van der Waals surface area contributed by atoms with E-state index in [1.165, 1.54) is 11.1 Å². The molecule has 3 heteroatoms. The molecule has 0 fully saturated rings. The van der Waals surface area contributed by atoms with Crippen LogP contribution in [0.3, 0.4) is 0 Å². The molecule has 3 aromatic rings. The molecule has 26 heavy (non-hydrogen) atoms. The third kappa shape index (κ3) is 2.61. The highest BCUT2D eigenvalue weighted by atomic mass is 16.5. The topological polar surface area (TPSA) is 35.5 Å². The van der Waals surface area contributed by atoms with E-state index in [0.717, 1.165) is 11.1 Å². The van der Waals surface area contributed by atoms with E-state index in [-0.39, 0.29) is 12.6 Å². The van der Waals surface area contributed by atoms with Gasteiger partial charge in [-0.15, -0.1) is 0 Å². The first-order valence-corrected chi connectivity index (χ1v) is 8.67. The van der Waals surface area contributed by atoms with Crippen LogP contribution in [-0.2, 0) is 14.9 Å². The van der Waals surface area contributed by atoms with Gasteiger partial charge in [0.15, 0.2) is 0 Å². The summed E-state index contributed by atoms with van der Waals surface area (Å²) in [5.41, 5.74) is 4.70. The second kappa shape index (κ2) is 6.77. The Hall–Kier alpha value is -2.91. The Labute approximate surface area is 153 Å². The van der Waals surface area contributed by atoms with E-state index in [2.05, 4.69) is 24.3 Å². The molecule has 3 aromatic carbocycles. The van der Waals surface area contributed by atoms with Gasteiger partial charge in [-0.1, -0.05) is 66.7 Å². The standard InChI is InChI=1S/C23H20O3/c1-25-15-23(16-26-22(24)17-9-3-2-4-10-17)20-13-7-5-11-18(20)19-12-6-8-14-21(19)23/h2-14H,15-16H2,1H3. The number of carbonyl (C=O) groups is 1. The Bertz CT molecular complexity index is 885. The number of rotatable bonds is 5. The average Bonchev–Trinajstić information content (AvgIpc) is 2.98. The largest absolute Gasteiger partial charge is 0.461 e. The molecular weight excluding hydrogens is 324 g/mol. The zero-order valence-electron chi connectivity index (χ0n) is 14.6. The molecule has 130 valence electrons. The number of benzene rings is 3. The Kier molecular flexibility index (Phi) is 4.31. The zero-order valence-corrected chi connectivity index (χ0v) is 14.6. The summed E-state index contributed by atoms with van der Waals surface area (Å²) in [4.78, 5) is 12.5. The van der Waals surface area contributed by atoms with E-state index in [1.807, 2.05) is 42.5 Å². The van der Waals surface area contributed by atoms with Gasteiger partial charge in [-0.25, -0.2) is 4.79 Å². The molecule has 0 bridgehead atoms. The van der Waals surface area contributed by atoms with Crippen LogP contribution in [0.5, 0.6) is 0 Å². The quantitative estimate of drug-likeness (QED) is 0.641. The number of hydrogen-bond donors (Lipinski definition) is 0. The predicted octanol–water partition coefficient (Wildman–Crippen LogP) is 4.46. The van der Waals surface area contributed by atoms with E-state index in [1.54, 1.807) is 19.2 Å².